The van der Waals surface area contributed by atoms with Gasteiger partial charge in [0.1, 0.15) is 5.82 Å². The number of amides is 2. The minimum atomic E-state index is -0.547. The Morgan fingerprint density at radius 1 is 1.29 bits per heavy atom. The van der Waals surface area contributed by atoms with Crippen LogP contribution in [0.5, 0.6) is 0 Å². The van der Waals surface area contributed by atoms with E-state index < -0.39 is 17.6 Å². The molecule has 24 heavy (non-hydrogen) atoms. The molecule has 5 nitrogen and oxygen atoms in total. The van der Waals surface area contributed by atoms with Gasteiger partial charge in [0, 0.05) is 18.0 Å². The highest BCUT2D eigenvalue weighted by Crippen LogP contribution is 2.31. The fraction of sp³-hybridized carbons (Fsp3) is 0. The van der Waals surface area contributed by atoms with Crippen LogP contribution >= 0.6 is 24.0 Å². The van der Waals surface area contributed by atoms with Crippen molar-refractivity contribution in [2.45, 2.75) is 0 Å². The Hall–Kier alpha value is -2.58. The Balaban J connectivity index is 1.76. The SMILES string of the molecule is O=C(NN1C(=O)/C(=C/c2cccnc2)SC1=S)c1ccc(F)cc1. The quantitative estimate of drug-likeness (QED) is 0.674. The fourth-order valence-corrected chi connectivity index (χ4v) is 3.12. The number of nitrogens with zero attached hydrogens (tertiary/aromatic N) is 2. The van der Waals surface area contributed by atoms with Crippen LogP contribution < -0.4 is 5.43 Å². The van der Waals surface area contributed by atoms with Gasteiger partial charge in [-0.25, -0.2) is 4.39 Å². The van der Waals surface area contributed by atoms with E-state index in [-0.39, 0.29) is 9.88 Å². The van der Waals surface area contributed by atoms with Gasteiger partial charge in [-0.05, 0) is 54.2 Å². The summed E-state index contributed by atoms with van der Waals surface area (Å²) in [4.78, 5) is 28.9. The van der Waals surface area contributed by atoms with E-state index in [9.17, 15) is 14.0 Å². The predicted molar refractivity (Wildman–Crippen MR) is 93.1 cm³/mol. The van der Waals surface area contributed by atoms with E-state index in [4.69, 9.17) is 12.2 Å². The van der Waals surface area contributed by atoms with E-state index >= 15 is 0 Å². The summed E-state index contributed by atoms with van der Waals surface area (Å²) in [6.07, 6.45) is 4.89. The minimum Gasteiger partial charge on any atom is -0.267 e. The van der Waals surface area contributed by atoms with Crippen LogP contribution in [0.25, 0.3) is 6.08 Å². The summed E-state index contributed by atoms with van der Waals surface area (Å²) in [6.45, 7) is 0. The zero-order chi connectivity index (χ0) is 17.1. The molecule has 2 heterocycles. The molecule has 1 fully saturated rings. The highest BCUT2D eigenvalue weighted by Gasteiger charge is 2.33. The molecular weight excluding hydrogens is 349 g/mol. The summed E-state index contributed by atoms with van der Waals surface area (Å²) in [6, 6.07) is 8.55. The first-order valence-corrected chi connectivity index (χ1v) is 8.01. The number of aromatic nitrogens is 1. The Morgan fingerprint density at radius 3 is 2.71 bits per heavy atom. The van der Waals surface area contributed by atoms with Crippen LogP contribution in [0.3, 0.4) is 0 Å². The van der Waals surface area contributed by atoms with Gasteiger partial charge < -0.3 is 0 Å². The maximum atomic E-state index is 12.9. The van der Waals surface area contributed by atoms with Gasteiger partial charge >= 0.3 is 0 Å². The molecule has 1 aromatic heterocycles. The van der Waals surface area contributed by atoms with Crippen LogP contribution in [0.2, 0.25) is 0 Å². The average molecular weight is 359 g/mol. The van der Waals surface area contributed by atoms with Crippen molar-refractivity contribution in [1.82, 2.24) is 15.4 Å². The highest BCUT2D eigenvalue weighted by atomic mass is 32.2. The molecule has 120 valence electrons. The number of thiocarbonyl (C=S) groups is 1. The second kappa shape index (κ2) is 6.90. The van der Waals surface area contributed by atoms with Crippen molar-refractivity contribution in [2.24, 2.45) is 0 Å². The number of hydrogen-bond donors (Lipinski definition) is 1. The van der Waals surface area contributed by atoms with E-state index in [0.717, 1.165) is 22.3 Å². The van der Waals surface area contributed by atoms with E-state index in [1.54, 1.807) is 30.6 Å². The van der Waals surface area contributed by atoms with E-state index in [2.05, 4.69) is 10.4 Å². The molecule has 0 unspecified atom stereocenters. The Kier molecular flexibility index (Phi) is 4.68. The zero-order valence-corrected chi connectivity index (χ0v) is 13.7. The van der Waals surface area contributed by atoms with Crippen molar-refractivity contribution in [3.8, 4) is 0 Å². The standard InChI is InChI=1S/C16H10FN3O2S2/c17-12-5-3-11(4-6-12)14(21)19-20-15(22)13(24-16(20)23)8-10-2-1-7-18-9-10/h1-9H,(H,19,21)/b13-8-. The van der Waals surface area contributed by atoms with E-state index in [1.165, 1.54) is 24.3 Å². The van der Waals surface area contributed by atoms with Crippen molar-refractivity contribution >= 4 is 46.2 Å². The third-order valence-electron chi connectivity index (χ3n) is 3.10. The first kappa shape index (κ1) is 16.3. The maximum absolute atomic E-state index is 12.9. The second-order valence-corrected chi connectivity index (χ2v) is 6.43. The number of carbonyl (C=O) groups is 2. The van der Waals surface area contributed by atoms with E-state index in [1.807, 2.05) is 0 Å². The molecule has 0 aliphatic carbocycles. The van der Waals surface area contributed by atoms with Crippen LogP contribution in [0.15, 0.2) is 53.7 Å². The third-order valence-corrected chi connectivity index (χ3v) is 4.40. The number of nitrogens with one attached hydrogen (secondary N) is 1. The Bertz CT molecular complexity index is 838. The van der Waals surface area contributed by atoms with Crippen LogP contribution in [-0.2, 0) is 4.79 Å². The molecule has 0 saturated carbocycles. The summed E-state index contributed by atoms with van der Waals surface area (Å²) in [5, 5.41) is 1.01. The van der Waals surface area contributed by atoms with Crippen molar-refractivity contribution in [3.63, 3.8) is 0 Å². The lowest BCUT2D eigenvalue weighted by atomic mass is 10.2. The van der Waals surface area contributed by atoms with Crippen LogP contribution in [-0.4, -0.2) is 26.1 Å². The molecule has 2 aromatic rings. The summed E-state index contributed by atoms with van der Waals surface area (Å²) in [7, 11) is 0. The van der Waals surface area contributed by atoms with Gasteiger partial charge in [0.2, 0.25) is 0 Å². The molecule has 1 aromatic carbocycles. The zero-order valence-electron chi connectivity index (χ0n) is 12.1. The number of hydrazine groups is 1. The topological polar surface area (TPSA) is 62.3 Å². The maximum Gasteiger partial charge on any atom is 0.285 e. The number of pyridine rings is 1. The van der Waals surface area contributed by atoms with Gasteiger partial charge in [0.05, 0.1) is 4.91 Å². The molecule has 1 aliphatic heterocycles. The van der Waals surface area contributed by atoms with E-state index in [0.29, 0.717) is 4.91 Å². The minimum absolute atomic E-state index is 0.214. The summed E-state index contributed by atoms with van der Waals surface area (Å²) >= 11 is 6.22. The molecular formula is C16H10FN3O2S2. The monoisotopic (exact) mass is 359 g/mol. The average Bonchev–Trinajstić information content (AvgIpc) is 2.84. The van der Waals surface area contributed by atoms with Gasteiger partial charge in [-0.3, -0.25) is 20.0 Å². The molecule has 3 rings (SSSR count). The van der Waals surface area contributed by atoms with Crippen LogP contribution in [0.1, 0.15) is 15.9 Å². The Morgan fingerprint density at radius 2 is 2.04 bits per heavy atom. The molecule has 8 heteroatoms. The third kappa shape index (κ3) is 3.50. The summed E-state index contributed by atoms with van der Waals surface area (Å²) in [5.74, 6) is -1.42. The number of hydrogen-bond acceptors (Lipinski definition) is 5. The number of benzene rings is 1. The normalized spacial score (nSPS) is 15.9. The second-order valence-electron chi connectivity index (χ2n) is 4.75. The summed E-state index contributed by atoms with van der Waals surface area (Å²) in [5.41, 5.74) is 3.41. The van der Waals surface area contributed by atoms with Crippen LogP contribution in [0.4, 0.5) is 4.39 Å². The molecule has 0 radical (unpaired) electrons. The highest BCUT2D eigenvalue weighted by molar-refractivity contribution is 8.26. The van der Waals surface area contributed by atoms with Gasteiger partial charge in [-0.15, -0.1) is 0 Å². The molecule has 0 atom stereocenters. The predicted octanol–water partition coefficient (Wildman–Crippen LogP) is 2.77. The van der Waals surface area contributed by atoms with Crippen molar-refractivity contribution in [1.29, 1.82) is 0 Å². The van der Waals surface area contributed by atoms with Gasteiger partial charge in [0.15, 0.2) is 4.32 Å². The van der Waals surface area contributed by atoms with Gasteiger partial charge in [-0.2, -0.15) is 5.01 Å². The number of rotatable bonds is 3. The van der Waals surface area contributed by atoms with Crippen molar-refractivity contribution in [3.05, 3.63) is 70.6 Å². The van der Waals surface area contributed by atoms with Crippen LogP contribution in [0, 0.1) is 5.82 Å². The van der Waals surface area contributed by atoms with Gasteiger partial charge in [0.25, 0.3) is 11.8 Å². The lowest BCUT2D eigenvalue weighted by molar-refractivity contribution is -0.123. The largest absolute Gasteiger partial charge is 0.285 e. The molecule has 0 spiro atoms. The summed E-state index contributed by atoms with van der Waals surface area (Å²) < 4.78 is 13.1. The first-order chi connectivity index (χ1) is 11.5. The lowest BCUT2D eigenvalue weighted by Gasteiger charge is -2.15. The fourth-order valence-electron chi connectivity index (χ4n) is 1.94. The van der Waals surface area contributed by atoms with Gasteiger partial charge in [-0.1, -0.05) is 17.8 Å². The molecule has 0 bridgehead atoms. The number of halogens is 1. The molecule has 1 N–H and O–H groups in total. The smallest absolute Gasteiger partial charge is 0.267 e. The molecule has 1 aliphatic rings. The van der Waals surface area contributed by atoms with Crippen molar-refractivity contribution in [2.75, 3.05) is 0 Å². The van der Waals surface area contributed by atoms with Crippen molar-refractivity contribution < 1.29 is 14.0 Å². The number of carbonyl (C=O) groups excluding carboxylic acids is 2. The Labute approximate surface area is 146 Å². The molecule has 2 amide bonds. The number of thioether (sulfide) groups is 1. The lowest BCUT2D eigenvalue weighted by Crippen LogP contribution is -2.44. The molecule has 1 saturated heterocycles. The first-order valence-electron chi connectivity index (χ1n) is 6.79.